The number of nitrogens with zero attached hydrogens (tertiary/aromatic N) is 1. The molecule has 0 aliphatic carbocycles. The Hall–Kier alpha value is -2.42. The van der Waals surface area contributed by atoms with Crippen molar-refractivity contribution in [1.82, 2.24) is 9.62 Å². The zero-order valence-electron chi connectivity index (χ0n) is 14.9. The predicted octanol–water partition coefficient (Wildman–Crippen LogP) is 1.15. The molecular formula is C19H23N3O4S. The molecule has 27 heavy (non-hydrogen) atoms. The second kappa shape index (κ2) is 8.51. The maximum Gasteiger partial charge on any atom is 0.243 e. The molecule has 1 heterocycles. The van der Waals surface area contributed by atoms with E-state index in [-0.39, 0.29) is 17.2 Å². The number of rotatable bonds is 6. The van der Waals surface area contributed by atoms with Crippen LogP contribution in [0.4, 0.5) is 5.69 Å². The van der Waals surface area contributed by atoms with Crippen molar-refractivity contribution in [2.45, 2.75) is 17.9 Å². The number of ether oxygens (including phenoxy) is 1. The smallest absolute Gasteiger partial charge is 0.243 e. The summed E-state index contributed by atoms with van der Waals surface area (Å²) in [5.41, 5.74) is 8.01. The van der Waals surface area contributed by atoms with Crippen molar-refractivity contribution in [2.75, 3.05) is 32.0 Å². The van der Waals surface area contributed by atoms with E-state index in [0.29, 0.717) is 38.5 Å². The van der Waals surface area contributed by atoms with Gasteiger partial charge in [0, 0.05) is 25.3 Å². The highest BCUT2D eigenvalue weighted by atomic mass is 32.2. The van der Waals surface area contributed by atoms with Crippen LogP contribution in [0, 0.1) is 0 Å². The SMILES string of the molecule is Nc1ccc(CC(=O)NCc2ccc(S(=O)(=O)N3CCOCC3)cc2)cc1. The van der Waals surface area contributed by atoms with Gasteiger partial charge in [-0.1, -0.05) is 24.3 Å². The van der Waals surface area contributed by atoms with Gasteiger partial charge < -0.3 is 15.8 Å². The summed E-state index contributed by atoms with van der Waals surface area (Å²) in [4.78, 5) is 12.3. The van der Waals surface area contributed by atoms with E-state index >= 15 is 0 Å². The zero-order valence-corrected chi connectivity index (χ0v) is 15.7. The molecule has 0 radical (unpaired) electrons. The summed E-state index contributed by atoms with van der Waals surface area (Å²) in [6.45, 7) is 1.90. The third-order valence-electron chi connectivity index (χ3n) is 4.37. The number of nitrogen functional groups attached to an aromatic ring is 1. The molecule has 144 valence electrons. The highest BCUT2D eigenvalue weighted by Gasteiger charge is 2.26. The largest absolute Gasteiger partial charge is 0.399 e. The second-order valence-electron chi connectivity index (χ2n) is 6.36. The molecule has 1 aliphatic rings. The lowest BCUT2D eigenvalue weighted by atomic mass is 10.1. The van der Waals surface area contributed by atoms with Crippen LogP contribution in [-0.4, -0.2) is 44.9 Å². The zero-order chi connectivity index (χ0) is 19.3. The van der Waals surface area contributed by atoms with Gasteiger partial charge in [0.25, 0.3) is 0 Å². The number of carbonyl (C=O) groups excluding carboxylic acids is 1. The van der Waals surface area contributed by atoms with Gasteiger partial charge in [-0.25, -0.2) is 8.42 Å². The Morgan fingerprint density at radius 3 is 2.22 bits per heavy atom. The third-order valence-corrected chi connectivity index (χ3v) is 6.28. The Bertz CT molecular complexity index is 874. The highest BCUT2D eigenvalue weighted by molar-refractivity contribution is 7.89. The van der Waals surface area contributed by atoms with Crippen LogP contribution in [0.25, 0.3) is 0 Å². The molecular weight excluding hydrogens is 366 g/mol. The van der Waals surface area contributed by atoms with Crippen molar-refractivity contribution >= 4 is 21.6 Å². The summed E-state index contributed by atoms with van der Waals surface area (Å²) in [5.74, 6) is -0.107. The number of sulfonamides is 1. The van der Waals surface area contributed by atoms with Crippen LogP contribution in [0.2, 0.25) is 0 Å². The molecule has 1 amide bonds. The monoisotopic (exact) mass is 389 g/mol. The van der Waals surface area contributed by atoms with Crippen LogP contribution in [0.15, 0.2) is 53.4 Å². The maximum atomic E-state index is 12.6. The van der Waals surface area contributed by atoms with Gasteiger partial charge >= 0.3 is 0 Å². The number of carbonyl (C=O) groups is 1. The topological polar surface area (TPSA) is 102 Å². The number of nitrogens with two attached hydrogens (primary N) is 1. The molecule has 0 saturated carbocycles. The molecule has 1 fully saturated rings. The van der Waals surface area contributed by atoms with Crippen LogP contribution in [-0.2, 0) is 32.5 Å². The van der Waals surface area contributed by atoms with Crippen molar-refractivity contribution in [3.63, 3.8) is 0 Å². The van der Waals surface area contributed by atoms with E-state index in [4.69, 9.17) is 10.5 Å². The van der Waals surface area contributed by atoms with Crippen LogP contribution >= 0.6 is 0 Å². The van der Waals surface area contributed by atoms with Crippen molar-refractivity contribution in [3.8, 4) is 0 Å². The van der Waals surface area contributed by atoms with Gasteiger partial charge in [0.05, 0.1) is 24.5 Å². The second-order valence-corrected chi connectivity index (χ2v) is 8.29. The molecule has 0 unspecified atom stereocenters. The van der Waals surface area contributed by atoms with E-state index in [0.717, 1.165) is 11.1 Å². The van der Waals surface area contributed by atoms with Gasteiger partial charge in [-0.15, -0.1) is 0 Å². The predicted molar refractivity (Wildman–Crippen MR) is 102 cm³/mol. The molecule has 1 saturated heterocycles. The van der Waals surface area contributed by atoms with Crippen LogP contribution < -0.4 is 11.1 Å². The molecule has 2 aromatic rings. The number of hydrogen-bond donors (Lipinski definition) is 2. The average Bonchev–Trinajstić information content (AvgIpc) is 2.69. The molecule has 8 heteroatoms. The van der Waals surface area contributed by atoms with Crippen LogP contribution in [0.5, 0.6) is 0 Å². The molecule has 0 atom stereocenters. The molecule has 3 rings (SSSR count). The van der Waals surface area contributed by atoms with Gasteiger partial charge in [0.2, 0.25) is 15.9 Å². The molecule has 0 bridgehead atoms. The van der Waals surface area contributed by atoms with Crippen molar-refractivity contribution in [1.29, 1.82) is 0 Å². The van der Waals surface area contributed by atoms with Gasteiger partial charge in [-0.3, -0.25) is 4.79 Å². The van der Waals surface area contributed by atoms with Gasteiger partial charge in [-0.05, 0) is 35.4 Å². The number of nitrogens with one attached hydrogen (secondary N) is 1. The quantitative estimate of drug-likeness (QED) is 0.722. The Labute approximate surface area is 159 Å². The number of benzene rings is 2. The van der Waals surface area contributed by atoms with E-state index < -0.39 is 10.0 Å². The van der Waals surface area contributed by atoms with Gasteiger partial charge in [0.15, 0.2) is 0 Å². The number of amides is 1. The lowest BCUT2D eigenvalue weighted by Gasteiger charge is -2.26. The van der Waals surface area contributed by atoms with Crippen LogP contribution in [0.1, 0.15) is 11.1 Å². The van der Waals surface area contributed by atoms with Crippen LogP contribution in [0.3, 0.4) is 0 Å². The first-order valence-electron chi connectivity index (χ1n) is 8.73. The summed E-state index contributed by atoms with van der Waals surface area (Å²) >= 11 is 0. The molecule has 7 nitrogen and oxygen atoms in total. The fourth-order valence-electron chi connectivity index (χ4n) is 2.80. The van der Waals surface area contributed by atoms with E-state index in [1.54, 1.807) is 36.4 Å². The summed E-state index contributed by atoms with van der Waals surface area (Å²) in [7, 11) is -3.50. The first-order valence-corrected chi connectivity index (χ1v) is 10.2. The minimum atomic E-state index is -3.50. The highest BCUT2D eigenvalue weighted by Crippen LogP contribution is 2.17. The van der Waals surface area contributed by atoms with E-state index in [9.17, 15) is 13.2 Å². The summed E-state index contributed by atoms with van der Waals surface area (Å²) < 4.78 is 31.8. The molecule has 1 aliphatic heterocycles. The van der Waals surface area contributed by atoms with Crippen molar-refractivity contribution in [2.24, 2.45) is 0 Å². The fourth-order valence-corrected chi connectivity index (χ4v) is 4.21. The van der Waals surface area contributed by atoms with Crippen molar-refractivity contribution < 1.29 is 17.9 Å². The fraction of sp³-hybridized carbons (Fsp3) is 0.316. The third kappa shape index (κ3) is 5.06. The minimum absolute atomic E-state index is 0.107. The average molecular weight is 389 g/mol. The first kappa shape index (κ1) is 19.3. The Morgan fingerprint density at radius 1 is 1.00 bits per heavy atom. The maximum absolute atomic E-state index is 12.6. The Balaban J connectivity index is 1.55. The normalized spacial score (nSPS) is 15.4. The summed E-state index contributed by atoms with van der Waals surface area (Å²) in [6.07, 6.45) is 0.268. The molecule has 3 N–H and O–H groups in total. The molecule has 0 spiro atoms. The molecule has 0 aromatic heterocycles. The van der Waals surface area contributed by atoms with E-state index in [1.807, 2.05) is 12.1 Å². The Kier molecular flexibility index (Phi) is 6.10. The van der Waals surface area contributed by atoms with E-state index in [2.05, 4.69) is 5.32 Å². The summed E-state index contributed by atoms with van der Waals surface area (Å²) in [5, 5.41) is 2.84. The van der Waals surface area contributed by atoms with Gasteiger partial charge in [-0.2, -0.15) is 4.31 Å². The first-order chi connectivity index (χ1) is 12.9. The number of hydrogen-bond acceptors (Lipinski definition) is 5. The lowest BCUT2D eigenvalue weighted by Crippen LogP contribution is -2.40. The number of anilines is 1. The number of morpholine rings is 1. The summed E-state index contributed by atoms with van der Waals surface area (Å²) in [6, 6.07) is 13.7. The standard InChI is InChI=1S/C19H23N3O4S/c20-17-5-1-15(2-6-17)13-19(23)21-14-16-3-7-18(8-4-16)27(24,25)22-9-11-26-12-10-22/h1-8H,9-14,20H2,(H,21,23). The Morgan fingerprint density at radius 2 is 1.59 bits per heavy atom. The lowest BCUT2D eigenvalue weighted by molar-refractivity contribution is -0.120. The van der Waals surface area contributed by atoms with Crippen molar-refractivity contribution in [3.05, 3.63) is 59.7 Å². The van der Waals surface area contributed by atoms with Gasteiger partial charge in [0.1, 0.15) is 0 Å². The van der Waals surface area contributed by atoms with E-state index in [1.165, 1.54) is 4.31 Å². The molecule has 2 aromatic carbocycles. The minimum Gasteiger partial charge on any atom is -0.399 e.